The van der Waals surface area contributed by atoms with Crippen LogP contribution >= 0.6 is 11.3 Å². The van der Waals surface area contributed by atoms with Crippen molar-refractivity contribution in [1.29, 1.82) is 0 Å². The van der Waals surface area contributed by atoms with Gasteiger partial charge in [-0.2, -0.15) is 0 Å². The summed E-state index contributed by atoms with van der Waals surface area (Å²) in [6, 6.07) is 0. The zero-order chi connectivity index (χ0) is 13.2. The van der Waals surface area contributed by atoms with Gasteiger partial charge in [0.2, 0.25) is 0 Å². The summed E-state index contributed by atoms with van der Waals surface area (Å²) in [6.07, 6.45) is 1.26. The summed E-state index contributed by atoms with van der Waals surface area (Å²) < 4.78 is 28.0. The number of aryl methyl sites for hydroxylation is 1. The van der Waals surface area contributed by atoms with Crippen LogP contribution in [0, 0.1) is 6.92 Å². The van der Waals surface area contributed by atoms with Gasteiger partial charge in [-0.1, -0.05) is 0 Å². The molecule has 1 atom stereocenters. The van der Waals surface area contributed by atoms with E-state index in [0.29, 0.717) is 13.2 Å². The van der Waals surface area contributed by atoms with Crippen LogP contribution in [0.5, 0.6) is 0 Å². The molecule has 0 aromatic carbocycles. The van der Waals surface area contributed by atoms with Crippen molar-refractivity contribution in [2.45, 2.75) is 13.0 Å². The van der Waals surface area contributed by atoms with Gasteiger partial charge in [-0.25, -0.2) is 13.4 Å². The minimum Gasteiger partial charge on any atom is -0.368 e. The summed E-state index contributed by atoms with van der Waals surface area (Å²) >= 11 is 1.60. The second-order valence-electron chi connectivity index (χ2n) is 4.62. The van der Waals surface area contributed by atoms with Crippen molar-refractivity contribution >= 4 is 21.2 Å². The van der Waals surface area contributed by atoms with Crippen molar-refractivity contribution in [2.24, 2.45) is 0 Å². The first-order valence-corrected chi connectivity index (χ1v) is 8.82. The lowest BCUT2D eigenvalue weighted by Crippen LogP contribution is -2.40. The average Bonchev–Trinajstić information content (AvgIpc) is 2.73. The van der Waals surface area contributed by atoms with Gasteiger partial charge in [-0.05, 0) is 6.92 Å². The molecule has 7 heteroatoms. The Morgan fingerprint density at radius 3 is 3.00 bits per heavy atom. The molecule has 1 aromatic heterocycles. The van der Waals surface area contributed by atoms with Gasteiger partial charge in [0.15, 0.2) is 0 Å². The van der Waals surface area contributed by atoms with Crippen molar-refractivity contribution in [1.82, 2.24) is 9.88 Å². The van der Waals surface area contributed by atoms with E-state index in [0.717, 1.165) is 23.8 Å². The predicted molar refractivity (Wildman–Crippen MR) is 71.7 cm³/mol. The van der Waals surface area contributed by atoms with E-state index in [-0.39, 0.29) is 11.9 Å². The molecule has 0 saturated carbocycles. The Hall–Kier alpha value is -0.500. The van der Waals surface area contributed by atoms with Crippen LogP contribution in [0.15, 0.2) is 5.38 Å². The van der Waals surface area contributed by atoms with Crippen LogP contribution < -0.4 is 0 Å². The van der Waals surface area contributed by atoms with E-state index in [9.17, 15) is 8.42 Å². The summed E-state index contributed by atoms with van der Waals surface area (Å²) in [5, 5.41) is 2.99. The summed E-state index contributed by atoms with van der Waals surface area (Å²) in [5.74, 6) is 0.205. The molecule has 2 rings (SSSR count). The Labute approximate surface area is 112 Å². The molecule has 0 unspecified atom stereocenters. The number of rotatable bonds is 4. The fraction of sp³-hybridized carbons (Fsp3) is 0.727. The van der Waals surface area contributed by atoms with E-state index in [1.165, 1.54) is 6.26 Å². The molecule has 0 N–H and O–H groups in total. The minimum atomic E-state index is -2.90. The molecule has 0 amide bonds. The van der Waals surface area contributed by atoms with Gasteiger partial charge in [0, 0.05) is 37.0 Å². The van der Waals surface area contributed by atoms with Crippen LogP contribution in [-0.2, 0) is 14.6 Å². The molecule has 0 aliphatic carbocycles. The maximum Gasteiger partial charge on any atom is 0.148 e. The highest BCUT2D eigenvalue weighted by Gasteiger charge is 2.24. The Balaban J connectivity index is 1.92. The van der Waals surface area contributed by atoms with Crippen LogP contribution in [-0.4, -0.2) is 56.6 Å². The number of nitrogens with zero attached hydrogens (tertiary/aromatic N) is 2. The van der Waals surface area contributed by atoms with E-state index >= 15 is 0 Å². The Kier molecular flexibility index (Phi) is 4.37. The van der Waals surface area contributed by atoms with E-state index in [2.05, 4.69) is 9.88 Å². The number of morpholine rings is 1. The van der Waals surface area contributed by atoms with Gasteiger partial charge in [-0.3, -0.25) is 4.90 Å². The van der Waals surface area contributed by atoms with Gasteiger partial charge in [-0.15, -0.1) is 11.3 Å². The van der Waals surface area contributed by atoms with Crippen molar-refractivity contribution in [3.8, 4) is 0 Å². The molecule has 0 bridgehead atoms. The van der Waals surface area contributed by atoms with Crippen LogP contribution in [0.25, 0.3) is 0 Å². The maximum absolute atomic E-state index is 11.2. The van der Waals surface area contributed by atoms with Crippen LogP contribution in [0.1, 0.15) is 16.8 Å². The standard InChI is InChI=1S/C11H18N2O3S2/c1-9-8-17-11(12-9)10-7-13(3-5-16-10)4-6-18(2,14)15/h8,10H,3-7H2,1-2H3/t10-/m1/s1. The van der Waals surface area contributed by atoms with Gasteiger partial charge in [0.25, 0.3) is 0 Å². The molecule has 102 valence electrons. The molecule has 18 heavy (non-hydrogen) atoms. The third-order valence-electron chi connectivity index (χ3n) is 2.84. The van der Waals surface area contributed by atoms with Crippen molar-refractivity contribution in [3.63, 3.8) is 0 Å². The third-order valence-corrected chi connectivity index (χ3v) is 4.82. The molecule has 1 fully saturated rings. The Bertz CT molecular complexity index is 498. The predicted octanol–water partition coefficient (Wildman–Crippen LogP) is 0.869. The largest absolute Gasteiger partial charge is 0.368 e. The van der Waals surface area contributed by atoms with Gasteiger partial charge in [0.05, 0.1) is 12.4 Å². The lowest BCUT2D eigenvalue weighted by atomic mass is 10.3. The monoisotopic (exact) mass is 290 g/mol. The summed E-state index contributed by atoms with van der Waals surface area (Å²) in [7, 11) is -2.90. The molecule has 1 aromatic rings. The molecule has 0 radical (unpaired) electrons. The fourth-order valence-corrected chi connectivity index (χ4v) is 3.29. The number of sulfone groups is 1. The number of aromatic nitrogens is 1. The summed E-state index contributed by atoms with van der Waals surface area (Å²) in [5.41, 5.74) is 1.01. The molecule has 1 aliphatic rings. The zero-order valence-corrected chi connectivity index (χ0v) is 12.3. The Morgan fingerprint density at radius 1 is 1.61 bits per heavy atom. The van der Waals surface area contributed by atoms with Crippen molar-refractivity contribution in [3.05, 3.63) is 16.1 Å². The molecule has 5 nitrogen and oxygen atoms in total. The lowest BCUT2D eigenvalue weighted by molar-refractivity contribution is -0.0280. The first-order valence-electron chi connectivity index (χ1n) is 5.88. The van der Waals surface area contributed by atoms with Crippen LogP contribution in [0.2, 0.25) is 0 Å². The quantitative estimate of drug-likeness (QED) is 0.823. The summed E-state index contributed by atoms with van der Waals surface area (Å²) in [4.78, 5) is 6.56. The lowest BCUT2D eigenvalue weighted by Gasteiger charge is -2.31. The zero-order valence-electron chi connectivity index (χ0n) is 10.6. The fourth-order valence-electron chi connectivity index (χ4n) is 1.87. The number of thiazole rings is 1. The highest BCUT2D eigenvalue weighted by atomic mass is 32.2. The van der Waals surface area contributed by atoms with E-state index in [1.807, 2.05) is 12.3 Å². The third kappa shape index (κ3) is 4.01. The number of ether oxygens (including phenoxy) is 1. The highest BCUT2D eigenvalue weighted by molar-refractivity contribution is 7.90. The van der Waals surface area contributed by atoms with Gasteiger partial charge in [0.1, 0.15) is 20.9 Å². The Morgan fingerprint density at radius 2 is 2.39 bits per heavy atom. The SMILES string of the molecule is Cc1csc([C@H]2CN(CCS(C)(=O)=O)CCO2)n1. The van der Waals surface area contributed by atoms with Crippen LogP contribution in [0.4, 0.5) is 0 Å². The molecular formula is C11H18N2O3S2. The number of hydrogen-bond donors (Lipinski definition) is 0. The second kappa shape index (κ2) is 5.64. The van der Waals surface area contributed by atoms with Gasteiger partial charge >= 0.3 is 0 Å². The second-order valence-corrected chi connectivity index (χ2v) is 7.77. The molecular weight excluding hydrogens is 272 g/mol. The topological polar surface area (TPSA) is 59.5 Å². The molecule has 2 heterocycles. The molecule has 1 saturated heterocycles. The van der Waals surface area contributed by atoms with E-state index < -0.39 is 9.84 Å². The first kappa shape index (κ1) is 13.9. The van der Waals surface area contributed by atoms with E-state index in [4.69, 9.17) is 4.74 Å². The van der Waals surface area contributed by atoms with Crippen molar-refractivity contribution < 1.29 is 13.2 Å². The number of hydrogen-bond acceptors (Lipinski definition) is 6. The maximum atomic E-state index is 11.2. The normalized spacial score (nSPS) is 22.2. The molecule has 1 aliphatic heterocycles. The molecule has 0 spiro atoms. The highest BCUT2D eigenvalue weighted by Crippen LogP contribution is 2.24. The smallest absolute Gasteiger partial charge is 0.148 e. The van der Waals surface area contributed by atoms with Crippen molar-refractivity contribution in [2.75, 3.05) is 38.2 Å². The van der Waals surface area contributed by atoms with Crippen LogP contribution in [0.3, 0.4) is 0 Å². The minimum absolute atomic E-state index is 0.0167. The average molecular weight is 290 g/mol. The van der Waals surface area contributed by atoms with E-state index in [1.54, 1.807) is 11.3 Å². The first-order chi connectivity index (χ1) is 8.44. The summed E-state index contributed by atoms with van der Waals surface area (Å²) in [6.45, 7) is 4.68. The van der Waals surface area contributed by atoms with Gasteiger partial charge < -0.3 is 4.74 Å².